The molecule has 0 spiro atoms. The van der Waals surface area contributed by atoms with Gasteiger partial charge in [0.2, 0.25) is 0 Å². The number of carbonyl (C=O) groups excluding carboxylic acids is 2. The van der Waals surface area contributed by atoms with E-state index < -0.39 is 23.0 Å². The van der Waals surface area contributed by atoms with Crippen LogP contribution in [0.15, 0.2) is 12.1 Å². The number of likely N-dealkylation sites (tertiary alicyclic amines) is 1. The number of piperidine rings is 1. The molecule has 1 unspecified atom stereocenters. The summed E-state index contributed by atoms with van der Waals surface area (Å²) in [6, 6.07) is 2.31. The third kappa shape index (κ3) is 7.35. The molecule has 0 radical (unpaired) electrons. The van der Waals surface area contributed by atoms with E-state index in [1.165, 1.54) is 6.07 Å². The summed E-state index contributed by atoms with van der Waals surface area (Å²) in [5.74, 6) is -1.33. The molecule has 1 saturated heterocycles. The lowest BCUT2D eigenvalue weighted by molar-refractivity contribution is 0.00636. The van der Waals surface area contributed by atoms with Gasteiger partial charge in [-0.1, -0.05) is 11.6 Å². The predicted molar refractivity (Wildman–Crippen MR) is 113 cm³/mol. The van der Waals surface area contributed by atoms with Crippen molar-refractivity contribution in [2.75, 3.05) is 19.7 Å². The molecule has 0 N–H and O–H groups in total. The van der Waals surface area contributed by atoms with Crippen LogP contribution in [0.25, 0.3) is 0 Å². The van der Waals surface area contributed by atoms with E-state index in [0.717, 1.165) is 18.9 Å². The summed E-state index contributed by atoms with van der Waals surface area (Å²) in [6.45, 7) is 12.0. The summed E-state index contributed by atoms with van der Waals surface area (Å²) in [4.78, 5) is 26.1. The zero-order valence-electron chi connectivity index (χ0n) is 18.5. The van der Waals surface area contributed by atoms with Crippen LogP contribution in [0.2, 0.25) is 5.02 Å². The Hall–Kier alpha value is -2.02. The van der Waals surface area contributed by atoms with Gasteiger partial charge in [0.05, 0.1) is 17.2 Å². The van der Waals surface area contributed by atoms with Gasteiger partial charge >= 0.3 is 12.1 Å². The Balaban J connectivity index is 1.99. The van der Waals surface area contributed by atoms with Gasteiger partial charge in [-0.2, -0.15) is 0 Å². The lowest BCUT2D eigenvalue weighted by atomic mass is 9.99. The van der Waals surface area contributed by atoms with Gasteiger partial charge in [-0.3, -0.25) is 0 Å². The number of amides is 1. The summed E-state index contributed by atoms with van der Waals surface area (Å²) in [6.07, 6.45) is 1.35. The molecule has 1 aliphatic heterocycles. The fourth-order valence-electron chi connectivity index (χ4n) is 3.03. The monoisotopic (exact) mass is 443 g/mol. The third-order valence-electron chi connectivity index (χ3n) is 4.29. The van der Waals surface area contributed by atoms with Gasteiger partial charge in [0, 0.05) is 25.1 Å². The average molecular weight is 444 g/mol. The van der Waals surface area contributed by atoms with E-state index in [2.05, 4.69) is 0 Å². The van der Waals surface area contributed by atoms with Crippen LogP contribution in [-0.4, -0.2) is 47.9 Å². The molecule has 1 fully saturated rings. The summed E-state index contributed by atoms with van der Waals surface area (Å²) in [5.41, 5.74) is -1.54. The Kier molecular flexibility index (Phi) is 7.61. The molecule has 1 aliphatic rings. The van der Waals surface area contributed by atoms with E-state index in [1.807, 2.05) is 20.8 Å². The maximum atomic E-state index is 14.4. The highest BCUT2D eigenvalue weighted by atomic mass is 35.5. The maximum absolute atomic E-state index is 14.4. The van der Waals surface area contributed by atoms with Crippen LogP contribution in [0, 0.1) is 11.7 Å². The van der Waals surface area contributed by atoms with Crippen molar-refractivity contribution in [1.29, 1.82) is 0 Å². The van der Waals surface area contributed by atoms with Gasteiger partial charge in [-0.05, 0) is 60.5 Å². The fraction of sp³-hybridized carbons (Fsp3) is 0.636. The van der Waals surface area contributed by atoms with Gasteiger partial charge in [0.25, 0.3) is 0 Å². The molecular weight excluding hydrogens is 413 g/mol. The molecule has 2 rings (SSSR count). The lowest BCUT2D eigenvalue weighted by Crippen LogP contribution is -2.44. The highest BCUT2D eigenvalue weighted by molar-refractivity contribution is 6.32. The molecule has 0 bridgehead atoms. The molecule has 1 heterocycles. The highest BCUT2D eigenvalue weighted by Crippen LogP contribution is 2.30. The first-order chi connectivity index (χ1) is 13.7. The maximum Gasteiger partial charge on any atom is 0.410 e. The molecule has 1 amide bonds. The van der Waals surface area contributed by atoms with Gasteiger partial charge in [-0.15, -0.1) is 0 Å². The smallest absolute Gasteiger partial charge is 0.410 e. The minimum Gasteiger partial charge on any atom is -0.492 e. The molecule has 168 valence electrons. The van der Waals surface area contributed by atoms with Gasteiger partial charge < -0.3 is 19.1 Å². The number of hydrogen-bond acceptors (Lipinski definition) is 5. The Bertz CT molecular complexity index is 785. The lowest BCUT2D eigenvalue weighted by Gasteiger charge is -2.34. The van der Waals surface area contributed by atoms with Crippen molar-refractivity contribution in [1.82, 2.24) is 4.90 Å². The first-order valence-electron chi connectivity index (χ1n) is 10.1. The van der Waals surface area contributed by atoms with Crippen molar-refractivity contribution >= 4 is 23.7 Å². The molecule has 8 heteroatoms. The second-order valence-corrected chi connectivity index (χ2v) is 9.92. The second-order valence-electron chi connectivity index (χ2n) is 9.51. The van der Waals surface area contributed by atoms with Crippen LogP contribution in [0.5, 0.6) is 5.75 Å². The normalized spacial score (nSPS) is 17.5. The Labute approximate surface area is 182 Å². The molecular formula is C22H31ClFNO5. The van der Waals surface area contributed by atoms with Gasteiger partial charge in [0.1, 0.15) is 22.8 Å². The number of rotatable bonds is 4. The van der Waals surface area contributed by atoms with Crippen molar-refractivity contribution in [2.24, 2.45) is 5.92 Å². The molecule has 6 nitrogen and oxygen atoms in total. The Morgan fingerprint density at radius 1 is 1.13 bits per heavy atom. The Morgan fingerprint density at radius 2 is 1.77 bits per heavy atom. The van der Waals surface area contributed by atoms with Crippen LogP contribution < -0.4 is 4.74 Å². The number of esters is 1. The van der Waals surface area contributed by atoms with Crippen molar-refractivity contribution in [2.45, 2.75) is 65.6 Å². The second kappa shape index (κ2) is 9.41. The number of carbonyl (C=O) groups is 2. The van der Waals surface area contributed by atoms with E-state index in [-0.39, 0.29) is 35.0 Å². The number of benzene rings is 1. The van der Waals surface area contributed by atoms with E-state index in [4.69, 9.17) is 25.8 Å². The van der Waals surface area contributed by atoms with Crippen molar-refractivity contribution < 1.29 is 28.2 Å². The third-order valence-corrected chi connectivity index (χ3v) is 4.58. The SMILES string of the molecule is CC(C)(C)OC(=O)c1cc(Cl)c(OCC2CCCN(C(=O)OC(C)(C)C)C2)cc1F. The topological polar surface area (TPSA) is 65.1 Å². The summed E-state index contributed by atoms with van der Waals surface area (Å²) in [5, 5.41) is 0.122. The standard InChI is InChI=1S/C22H31ClFNO5/c1-21(2,3)29-19(26)15-10-16(23)18(11-17(15)24)28-13-14-8-7-9-25(12-14)20(27)30-22(4,5)6/h10-11,14H,7-9,12-13H2,1-6H3. The predicted octanol–water partition coefficient (Wildman–Crippen LogP) is 5.46. The van der Waals surface area contributed by atoms with Crippen molar-refractivity contribution in [3.63, 3.8) is 0 Å². The van der Waals surface area contributed by atoms with Crippen molar-refractivity contribution in [3.8, 4) is 5.75 Å². The minimum atomic E-state index is -0.784. The van der Waals surface area contributed by atoms with Crippen LogP contribution in [0.1, 0.15) is 64.7 Å². The first kappa shape index (κ1) is 24.3. The Morgan fingerprint density at radius 3 is 2.37 bits per heavy atom. The highest BCUT2D eigenvalue weighted by Gasteiger charge is 2.28. The van der Waals surface area contributed by atoms with Gasteiger partial charge in [-0.25, -0.2) is 14.0 Å². The summed E-state index contributed by atoms with van der Waals surface area (Å²) in [7, 11) is 0. The molecule has 0 saturated carbocycles. The van der Waals surface area contributed by atoms with Crippen LogP contribution in [0.4, 0.5) is 9.18 Å². The largest absolute Gasteiger partial charge is 0.492 e. The van der Waals surface area contributed by atoms with Crippen LogP contribution in [-0.2, 0) is 9.47 Å². The fourth-order valence-corrected chi connectivity index (χ4v) is 3.25. The minimum absolute atomic E-state index is 0.0657. The summed E-state index contributed by atoms with van der Waals surface area (Å²) < 4.78 is 30.8. The quantitative estimate of drug-likeness (QED) is 0.578. The van der Waals surface area contributed by atoms with E-state index >= 15 is 0 Å². The number of nitrogens with zero attached hydrogens (tertiary/aromatic N) is 1. The molecule has 30 heavy (non-hydrogen) atoms. The molecule has 0 aromatic heterocycles. The number of halogens is 2. The zero-order valence-corrected chi connectivity index (χ0v) is 19.3. The summed E-state index contributed by atoms with van der Waals surface area (Å²) >= 11 is 6.20. The average Bonchev–Trinajstić information content (AvgIpc) is 2.59. The van der Waals surface area contributed by atoms with E-state index in [0.29, 0.717) is 13.1 Å². The zero-order chi connectivity index (χ0) is 22.7. The van der Waals surface area contributed by atoms with Crippen LogP contribution >= 0.6 is 11.6 Å². The molecule has 1 aromatic rings. The van der Waals surface area contributed by atoms with Crippen LogP contribution in [0.3, 0.4) is 0 Å². The molecule has 0 aliphatic carbocycles. The van der Waals surface area contributed by atoms with E-state index in [9.17, 15) is 14.0 Å². The molecule has 1 aromatic carbocycles. The number of hydrogen-bond donors (Lipinski definition) is 0. The molecule has 1 atom stereocenters. The van der Waals surface area contributed by atoms with Gasteiger partial charge in [0.15, 0.2) is 0 Å². The van der Waals surface area contributed by atoms with Crippen molar-refractivity contribution in [3.05, 3.63) is 28.5 Å². The first-order valence-corrected chi connectivity index (χ1v) is 10.5. The number of ether oxygens (including phenoxy) is 3. The van der Waals surface area contributed by atoms with E-state index in [1.54, 1.807) is 25.7 Å².